The SMILES string of the molecule is C[C@H](Sc1nnc(N)s1)C(=O)Nc1ccc(C(F)(F)F)cc1. The summed E-state index contributed by atoms with van der Waals surface area (Å²) >= 11 is 2.33. The molecule has 0 spiro atoms. The molecule has 0 bridgehead atoms. The molecule has 5 nitrogen and oxygen atoms in total. The molecule has 1 atom stereocenters. The number of aromatic nitrogens is 2. The summed E-state index contributed by atoms with van der Waals surface area (Å²) in [7, 11) is 0. The summed E-state index contributed by atoms with van der Waals surface area (Å²) in [6, 6.07) is 4.25. The number of amides is 1. The molecule has 10 heteroatoms. The van der Waals surface area contributed by atoms with Crippen LogP contribution in [-0.4, -0.2) is 21.4 Å². The van der Waals surface area contributed by atoms with Crippen LogP contribution in [0.1, 0.15) is 12.5 Å². The van der Waals surface area contributed by atoms with Crippen molar-refractivity contribution < 1.29 is 18.0 Å². The molecule has 0 radical (unpaired) electrons. The fourth-order valence-corrected chi connectivity index (χ4v) is 3.24. The fourth-order valence-electron chi connectivity index (χ4n) is 1.46. The van der Waals surface area contributed by atoms with Crippen molar-refractivity contribution in [3.8, 4) is 0 Å². The first kappa shape index (κ1) is 16.6. The number of nitrogens with zero attached hydrogens (tertiary/aromatic N) is 2. The number of rotatable bonds is 4. The highest BCUT2D eigenvalue weighted by Crippen LogP contribution is 2.30. The quantitative estimate of drug-likeness (QED) is 0.829. The number of alkyl halides is 3. The molecule has 0 saturated heterocycles. The highest BCUT2D eigenvalue weighted by Gasteiger charge is 2.30. The zero-order chi connectivity index (χ0) is 16.3. The van der Waals surface area contributed by atoms with E-state index in [4.69, 9.17) is 5.73 Å². The first-order valence-electron chi connectivity index (χ1n) is 5.99. The second-order valence-electron chi connectivity index (χ2n) is 4.23. The monoisotopic (exact) mass is 348 g/mol. The number of nitrogens with one attached hydrogen (secondary N) is 1. The zero-order valence-corrected chi connectivity index (χ0v) is 12.9. The van der Waals surface area contributed by atoms with E-state index < -0.39 is 17.0 Å². The lowest BCUT2D eigenvalue weighted by Gasteiger charge is -2.11. The lowest BCUT2D eigenvalue weighted by molar-refractivity contribution is -0.137. The topological polar surface area (TPSA) is 80.9 Å². The van der Waals surface area contributed by atoms with Gasteiger partial charge < -0.3 is 11.1 Å². The third-order valence-electron chi connectivity index (χ3n) is 2.55. The van der Waals surface area contributed by atoms with Crippen molar-refractivity contribution in [3.05, 3.63) is 29.8 Å². The summed E-state index contributed by atoms with van der Waals surface area (Å²) in [4.78, 5) is 12.0. The van der Waals surface area contributed by atoms with Crippen LogP contribution in [0.25, 0.3) is 0 Å². The Kier molecular flexibility index (Phi) is 4.91. The van der Waals surface area contributed by atoms with E-state index in [1.54, 1.807) is 6.92 Å². The van der Waals surface area contributed by atoms with E-state index in [0.29, 0.717) is 15.2 Å². The van der Waals surface area contributed by atoms with Crippen molar-refractivity contribution in [2.24, 2.45) is 0 Å². The molecule has 0 fully saturated rings. The normalized spacial score (nSPS) is 12.9. The summed E-state index contributed by atoms with van der Waals surface area (Å²) < 4.78 is 37.9. The van der Waals surface area contributed by atoms with Crippen LogP contribution < -0.4 is 11.1 Å². The minimum atomic E-state index is -4.40. The Morgan fingerprint density at radius 3 is 2.45 bits per heavy atom. The average Bonchev–Trinajstić information content (AvgIpc) is 2.83. The molecule has 0 unspecified atom stereocenters. The van der Waals surface area contributed by atoms with Crippen LogP contribution >= 0.6 is 23.1 Å². The first-order chi connectivity index (χ1) is 10.3. The minimum absolute atomic E-state index is 0.294. The first-order valence-corrected chi connectivity index (χ1v) is 7.69. The lowest BCUT2D eigenvalue weighted by atomic mass is 10.2. The van der Waals surface area contributed by atoms with Gasteiger partial charge in [0.25, 0.3) is 0 Å². The van der Waals surface area contributed by atoms with Gasteiger partial charge in [0.05, 0.1) is 10.8 Å². The molecule has 1 amide bonds. The van der Waals surface area contributed by atoms with Gasteiger partial charge in [0.2, 0.25) is 11.0 Å². The van der Waals surface area contributed by atoms with Crippen LogP contribution in [0.3, 0.4) is 0 Å². The predicted octanol–water partition coefficient (Wildman–Crippen LogP) is 3.26. The Hall–Kier alpha value is -1.81. The van der Waals surface area contributed by atoms with E-state index in [0.717, 1.165) is 23.5 Å². The van der Waals surface area contributed by atoms with Crippen LogP contribution in [0.15, 0.2) is 28.6 Å². The Balaban J connectivity index is 1.96. The smallest absolute Gasteiger partial charge is 0.374 e. The molecular formula is C12H11F3N4OS2. The van der Waals surface area contributed by atoms with Gasteiger partial charge in [0, 0.05) is 5.69 Å². The molecule has 2 aromatic rings. The van der Waals surface area contributed by atoms with Crippen LogP contribution in [0.5, 0.6) is 0 Å². The highest BCUT2D eigenvalue weighted by molar-refractivity contribution is 8.02. The van der Waals surface area contributed by atoms with Gasteiger partial charge in [-0.25, -0.2) is 0 Å². The Bertz CT molecular complexity index is 657. The van der Waals surface area contributed by atoms with E-state index in [-0.39, 0.29) is 5.91 Å². The number of halogens is 3. The summed E-state index contributed by atoms with van der Waals surface area (Å²) in [5, 5.41) is 9.78. The van der Waals surface area contributed by atoms with Gasteiger partial charge in [0.15, 0.2) is 4.34 Å². The maximum atomic E-state index is 12.4. The maximum Gasteiger partial charge on any atom is 0.416 e. The summed E-state index contributed by atoms with van der Waals surface area (Å²) in [5.74, 6) is -0.349. The van der Waals surface area contributed by atoms with E-state index in [1.807, 2.05) is 0 Å². The molecule has 1 aromatic heterocycles. The van der Waals surface area contributed by atoms with E-state index in [9.17, 15) is 18.0 Å². The Morgan fingerprint density at radius 1 is 1.32 bits per heavy atom. The summed E-state index contributed by atoms with van der Waals surface area (Å²) in [6.07, 6.45) is -4.40. The lowest BCUT2D eigenvalue weighted by Crippen LogP contribution is -2.22. The summed E-state index contributed by atoms with van der Waals surface area (Å²) in [6.45, 7) is 1.65. The van der Waals surface area contributed by atoms with Gasteiger partial charge in [-0.15, -0.1) is 10.2 Å². The standard InChI is InChI=1S/C12H11F3N4OS2/c1-6(21-11-19-18-10(16)22-11)9(20)17-8-4-2-7(3-5-8)12(13,14)15/h2-6H,1H3,(H2,16,18)(H,17,20)/t6-/m0/s1. The Labute approximate surface area is 132 Å². The van der Waals surface area contributed by atoms with E-state index in [2.05, 4.69) is 15.5 Å². The number of thioether (sulfide) groups is 1. The van der Waals surface area contributed by atoms with Crippen molar-refractivity contribution in [2.75, 3.05) is 11.1 Å². The van der Waals surface area contributed by atoms with Crippen molar-refractivity contribution >= 4 is 39.8 Å². The van der Waals surface area contributed by atoms with E-state index in [1.165, 1.54) is 23.9 Å². The molecular weight excluding hydrogens is 337 g/mol. The van der Waals surface area contributed by atoms with Gasteiger partial charge in [-0.1, -0.05) is 23.1 Å². The second kappa shape index (κ2) is 6.53. The summed E-state index contributed by atoms with van der Waals surface area (Å²) in [5.41, 5.74) is 4.97. The molecule has 1 aromatic carbocycles. The number of nitrogens with two attached hydrogens (primary N) is 1. The van der Waals surface area contributed by atoms with Crippen LogP contribution in [0, 0.1) is 0 Å². The van der Waals surface area contributed by atoms with Crippen LogP contribution in [-0.2, 0) is 11.0 Å². The number of carbonyl (C=O) groups excluding carboxylic acids is 1. The van der Waals surface area contributed by atoms with E-state index >= 15 is 0 Å². The van der Waals surface area contributed by atoms with Crippen molar-refractivity contribution in [1.82, 2.24) is 10.2 Å². The maximum absolute atomic E-state index is 12.4. The van der Waals surface area contributed by atoms with Gasteiger partial charge >= 0.3 is 6.18 Å². The number of hydrogen-bond donors (Lipinski definition) is 2. The molecule has 0 saturated carbocycles. The molecule has 118 valence electrons. The third kappa shape index (κ3) is 4.34. The minimum Gasteiger partial charge on any atom is -0.374 e. The molecule has 1 heterocycles. The van der Waals surface area contributed by atoms with Crippen LogP contribution in [0.4, 0.5) is 24.0 Å². The zero-order valence-electron chi connectivity index (χ0n) is 11.2. The number of anilines is 2. The molecule has 0 aliphatic carbocycles. The number of hydrogen-bond acceptors (Lipinski definition) is 6. The number of benzene rings is 1. The van der Waals surface area contributed by atoms with Crippen LogP contribution in [0.2, 0.25) is 0 Å². The molecule has 0 aliphatic rings. The molecule has 0 aliphatic heterocycles. The van der Waals surface area contributed by atoms with Gasteiger partial charge in [0.1, 0.15) is 0 Å². The fraction of sp³-hybridized carbons (Fsp3) is 0.250. The highest BCUT2D eigenvalue weighted by atomic mass is 32.2. The second-order valence-corrected chi connectivity index (χ2v) is 6.83. The van der Waals surface area contributed by atoms with Crippen molar-refractivity contribution in [1.29, 1.82) is 0 Å². The average molecular weight is 348 g/mol. The van der Waals surface area contributed by atoms with Gasteiger partial charge in [-0.2, -0.15) is 13.2 Å². The predicted molar refractivity (Wildman–Crippen MR) is 79.7 cm³/mol. The van der Waals surface area contributed by atoms with Gasteiger partial charge in [-0.05, 0) is 31.2 Å². The van der Waals surface area contributed by atoms with Gasteiger partial charge in [-0.3, -0.25) is 4.79 Å². The molecule has 2 rings (SSSR count). The molecule has 22 heavy (non-hydrogen) atoms. The van der Waals surface area contributed by atoms with Crippen molar-refractivity contribution in [3.63, 3.8) is 0 Å². The third-order valence-corrected chi connectivity index (χ3v) is 4.49. The number of nitrogen functional groups attached to an aromatic ring is 1. The van der Waals surface area contributed by atoms with Crippen molar-refractivity contribution in [2.45, 2.75) is 22.7 Å². The molecule has 3 N–H and O–H groups in total. The number of carbonyl (C=O) groups is 1. The largest absolute Gasteiger partial charge is 0.416 e. The Morgan fingerprint density at radius 2 is 1.95 bits per heavy atom.